The molecule has 28 heavy (non-hydrogen) atoms. The van der Waals surface area contributed by atoms with Gasteiger partial charge >= 0.3 is 0 Å². The Labute approximate surface area is 173 Å². The first-order chi connectivity index (χ1) is 13.4. The van der Waals surface area contributed by atoms with Crippen LogP contribution in [0.25, 0.3) is 0 Å². The molecule has 0 aromatic heterocycles. The number of benzene rings is 3. The second-order valence-corrected chi connectivity index (χ2v) is 9.00. The van der Waals surface area contributed by atoms with E-state index in [1.807, 2.05) is 19.1 Å². The number of rotatable bonds is 6. The molecule has 7 heteroatoms. The molecule has 3 rings (SSSR count). The van der Waals surface area contributed by atoms with E-state index in [1.54, 1.807) is 54.6 Å². The van der Waals surface area contributed by atoms with Gasteiger partial charge in [-0.25, -0.2) is 8.42 Å². The topological polar surface area (TPSA) is 66.5 Å². The lowest BCUT2D eigenvalue weighted by Gasteiger charge is -2.24. The fraction of sp³-hybridized carbons (Fsp3) is 0.0952. The minimum absolute atomic E-state index is 0.123. The van der Waals surface area contributed by atoms with E-state index in [1.165, 1.54) is 12.1 Å². The minimum atomic E-state index is -3.91. The third-order valence-corrected chi connectivity index (χ3v) is 6.33. The Bertz CT molecular complexity index is 1070. The number of sulfonamides is 1. The molecule has 0 bridgehead atoms. The third kappa shape index (κ3) is 4.79. The summed E-state index contributed by atoms with van der Waals surface area (Å²) >= 11 is 3.36. The van der Waals surface area contributed by atoms with Crippen LogP contribution in [0.5, 0.6) is 0 Å². The van der Waals surface area contributed by atoms with Crippen molar-refractivity contribution in [2.45, 2.75) is 11.8 Å². The first-order valence-corrected chi connectivity index (χ1v) is 10.8. The van der Waals surface area contributed by atoms with Crippen molar-refractivity contribution in [3.8, 4) is 0 Å². The van der Waals surface area contributed by atoms with Gasteiger partial charge in [-0.1, -0.05) is 57.9 Å². The lowest BCUT2D eigenvalue weighted by molar-refractivity contribution is -0.114. The van der Waals surface area contributed by atoms with Gasteiger partial charge in [0, 0.05) is 10.2 Å². The van der Waals surface area contributed by atoms with Crippen LogP contribution in [0.3, 0.4) is 0 Å². The highest BCUT2D eigenvalue weighted by molar-refractivity contribution is 9.10. The smallest absolute Gasteiger partial charge is 0.264 e. The van der Waals surface area contributed by atoms with Gasteiger partial charge in [0.2, 0.25) is 5.91 Å². The van der Waals surface area contributed by atoms with Crippen LogP contribution in [0.2, 0.25) is 0 Å². The predicted octanol–water partition coefficient (Wildman–Crippen LogP) is 4.59. The highest BCUT2D eigenvalue weighted by Gasteiger charge is 2.27. The van der Waals surface area contributed by atoms with Crippen LogP contribution in [0.15, 0.2) is 88.2 Å². The second kappa shape index (κ2) is 8.58. The van der Waals surface area contributed by atoms with E-state index >= 15 is 0 Å². The highest BCUT2D eigenvalue weighted by atomic mass is 79.9. The van der Waals surface area contributed by atoms with Crippen LogP contribution in [-0.2, 0) is 14.8 Å². The highest BCUT2D eigenvalue weighted by Crippen LogP contribution is 2.26. The quantitative estimate of drug-likeness (QED) is 0.587. The fourth-order valence-corrected chi connectivity index (χ4v) is 4.45. The summed E-state index contributed by atoms with van der Waals surface area (Å²) in [6, 6.07) is 22.2. The van der Waals surface area contributed by atoms with Gasteiger partial charge in [0.1, 0.15) is 6.54 Å². The number of carbonyl (C=O) groups is 1. The summed E-state index contributed by atoms with van der Waals surface area (Å²) in [6.07, 6.45) is 0. The Morgan fingerprint density at radius 3 is 2.29 bits per heavy atom. The number of amides is 1. The Hall–Kier alpha value is -2.64. The van der Waals surface area contributed by atoms with Gasteiger partial charge in [0.15, 0.2) is 0 Å². The van der Waals surface area contributed by atoms with Crippen molar-refractivity contribution < 1.29 is 13.2 Å². The molecule has 0 aliphatic rings. The zero-order valence-electron chi connectivity index (χ0n) is 15.2. The van der Waals surface area contributed by atoms with Crippen molar-refractivity contribution in [3.05, 3.63) is 88.9 Å². The summed E-state index contributed by atoms with van der Waals surface area (Å²) in [4.78, 5) is 12.7. The van der Waals surface area contributed by atoms with E-state index in [-0.39, 0.29) is 11.4 Å². The minimum Gasteiger partial charge on any atom is -0.325 e. The molecule has 0 saturated carbocycles. The first kappa shape index (κ1) is 20.1. The molecular formula is C21H19BrN2O3S. The van der Waals surface area contributed by atoms with Gasteiger partial charge in [0.25, 0.3) is 10.0 Å². The van der Waals surface area contributed by atoms with Gasteiger partial charge in [-0.3, -0.25) is 9.10 Å². The van der Waals surface area contributed by atoms with Gasteiger partial charge in [-0.05, 0) is 49.4 Å². The molecule has 0 unspecified atom stereocenters. The Morgan fingerprint density at radius 2 is 1.64 bits per heavy atom. The van der Waals surface area contributed by atoms with E-state index in [9.17, 15) is 13.2 Å². The molecule has 0 aliphatic heterocycles. The predicted molar refractivity (Wildman–Crippen MR) is 115 cm³/mol. The fourth-order valence-electron chi connectivity index (χ4n) is 2.63. The Balaban J connectivity index is 1.92. The molecule has 0 heterocycles. The maximum Gasteiger partial charge on any atom is 0.264 e. The van der Waals surface area contributed by atoms with E-state index in [0.29, 0.717) is 11.4 Å². The molecule has 144 valence electrons. The van der Waals surface area contributed by atoms with Crippen molar-refractivity contribution in [2.24, 2.45) is 0 Å². The molecule has 0 radical (unpaired) electrons. The molecule has 1 N–H and O–H groups in total. The van der Waals surface area contributed by atoms with Crippen molar-refractivity contribution in [1.82, 2.24) is 0 Å². The molecule has 0 atom stereocenters. The lowest BCUT2D eigenvalue weighted by Crippen LogP contribution is -2.38. The maximum absolute atomic E-state index is 13.2. The number of anilines is 2. The Morgan fingerprint density at radius 1 is 0.964 bits per heavy atom. The summed E-state index contributed by atoms with van der Waals surface area (Å²) in [5.41, 5.74) is 2.08. The normalized spacial score (nSPS) is 11.1. The molecular weight excluding hydrogens is 440 g/mol. The van der Waals surface area contributed by atoms with Gasteiger partial charge < -0.3 is 5.32 Å². The average molecular weight is 459 g/mol. The van der Waals surface area contributed by atoms with Gasteiger partial charge in [-0.2, -0.15) is 0 Å². The zero-order chi connectivity index (χ0) is 20.1. The van der Waals surface area contributed by atoms with Gasteiger partial charge in [0.05, 0.1) is 10.6 Å². The van der Waals surface area contributed by atoms with Crippen molar-refractivity contribution in [3.63, 3.8) is 0 Å². The maximum atomic E-state index is 13.2. The largest absolute Gasteiger partial charge is 0.325 e. The number of carbonyl (C=O) groups excluding carboxylic acids is 1. The van der Waals surface area contributed by atoms with Crippen LogP contribution in [0.4, 0.5) is 11.4 Å². The summed E-state index contributed by atoms with van der Waals surface area (Å²) < 4.78 is 28.2. The third-order valence-electron chi connectivity index (χ3n) is 4.05. The zero-order valence-corrected chi connectivity index (χ0v) is 17.6. The van der Waals surface area contributed by atoms with Crippen molar-refractivity contribution in [2.75, 3.05) is 16.2 Å². The van der Waals surface area contributed by atoms with Crippen LogP contribution in [0, 0.1) is 6.92 Å². The van der Waals surface area contributed by atoms with E-state index in [2.05, 4.69) is 21.2 Å². The standard InChI is InChI=1S/C21H19BrN2O3S/c1-16-10-12-18(13-11-16)23-21(25)15-24(19-7-5-6-17(22)14-19)28(26,27)20-8-3-2-4-9-20/h2-14H,15H2,1H3,(H,23,25). The second-order valence-electron chi connectivity index (χ2n) is 6.22. The SMILES string of the molecule is Cc1ccc(NC(=O)CN(c2cccc(Br)c2)S(=O)(=O)c2ccccc2)cc1. The van der Waals surface area contributed by atoms with E-state index < -0.39 is 15.9 Å². The molecule has 0 spiro atoms. The summed E-state index contributed by atoms with van der Waals surface area (Å²) in [5, 5.41) is 2.75. The van der Waals surface area contributed by atoms with Gasteiger partial charge in [-0.15, -0.1) is 0 Å². The number of hydrogen-bond acceptors (Lipinski definition) is 3. The summed E-state index contributed by atoms with van der Waals surface area (Å²) in [6.45, 7) is 1.61. The number of halogens is 1. The lowest BCUT2D eigenvalue weighted by atomic mass is 10.2. The number of hydrogen-bond donors (Lipinski definition) is 1. The van der Waals surface area contributed by atoms with Crippen LogP contribution in [0.1, 0.15) is 5.56 Å². The average Bonchev–Trinajstić information content (AvgIpc) is 2.68. The number of nitrogens with one attached hydrogen (secondary N) is 1. The molecule has 0 fully saturated rings. The van der Waals surface area contributed by atoms with E-state index in [4.69, 9.17) is 0 Å². The van der Waals surface area contributed by atoms with Crippen LogP contribution < -0.4 is 9.62 Å². The number of nitrogens with zero attached hydrogens (tertiary/aromatic N) is 1. The summed E-state index contributed by atoms with van der Waals surface area (Å²) in [7, 11) is -3.91. The first-order valence-electron chi connectivity index (χ1n) is 8.56. The molecule has 0 aliphatic carbocycles. The summed E-state index contributed by atoms with van der Waals surface area (Å²) in [5.74, 6) is -0.427. The monoisotopic (exact) mass is 458 g/mol. The van der Waals surface area contributed by atoms with E-state index in [0.717, 1.165) is 14.3 Å². The van der Waals surface area contributed by atoms with Crippen molar-refractivity contribution in [1.29, 1.82) is 0 Å². The molecule has 3 aromatic carbocycles. The molecule has 5 nitrogen and oxygen atoms in total. The van der Waals surface area contributed by atoms with Crippen LogP contribution in [-0.4, -0.2) is 20.9 Å². The van der Waals surface area contributed by atoms with Crippen LogP contribution >= 0.6 is 15.9 Å². The van der Waals surface area contributed by atoms with Crippen molar-refractivity contribution >= 4 is 43.2 Å². The number of aryl methyl sites for hydroxylation is 1. The molecule has 1 amide bonds. The Kier molecular flexibility index (Phi) is 6.16. The molecule has 3 aromatic rings. The molecule has 0 saturated heterocycles.